The topological polar surface area (TPSA) is 101 Å². The van der Waals surface area contributed by atoms with Crippen molar-refractivity contribution >= 4 is 5.91 Å². The highest BCUT2D eigenvalue weighted by atomic mass is 16.5. The molecule has 0 spiro atoms. The Morgan fingerprint density at radius 1 is 1.45 bits per heavy atom. The monoisotopic (exact) mass is 301 g/mol. The van der Waals surface area contributed by atoms with Crippen molar-refractivity contribution in [3.8, 4) is 0 Å². The van der Waals surface area contributed by atoms with Gasteiger partial charge < -0.3 is 14.6 Å². The molecule has 2 aromatic heterocycles. The van der Waals surface area contributed by atoms with Gasteiger partial charge in [0, 0.05) is 24.6 Å². The lowest BCUT2D eigenvalue weighted by atomic mass is 10.2. The van der Waals surface area contributed by atoms with Crippen molar-refractivity contribution < 1.29 is 9.53 Å². The van der Waals surface area contributed by atoms with E-state index in [0.717, 1.165) is 0 Å². The second-order valence-electron chi connectivity index (χ2n) is 5.00. The maximum absolute atomic E-state index is 12.5. The van der Waals surface area contributed by atoms with Gasteiger partial charge in [0.05, 0.1) is 25.0 Å². The summed E-state index contributed by atoms with van der Waals surface area (Å²) in [5.74, 6) is -0.286. The molecule has 8 nitrogen and oxygen atoms in total. The van der Waals surface area contributed by atoms with Gasteiger partial charge in [-0.05, 0) is 13.0 Å². The third kappa shape index (κ3) is 3.01. The number of carbonyl (C=O) groups is 1. The number of morpholine rings is 1. The van der Waals surface area contributed by atoms with Gasteiger partial charge >= 0.3 is 5.69 Å². The first-order valence-corrected chi connectivity index (χ1v) is 6.88. The lowest BCUT2D eigenvalue weighted by Gasteiger charge is -2.32. The van der Waals surface area contributed by atoms with Crippen LogP contribution in [-0.4, -0.2) is 50.4 Å². The van der Waals surface area contributed by atoms with E-state index in [1.165, 1.54) is 0 Å². The van der Waals surface area contributed by atoms with Gasteiger partial charge in [0.1, 0.15) is 11.8 Å². The molecule has 2 aromatic rings. The lowest BCUT2D eigenvalue weighted by molar-refractivity contribution is -0.0251. The molecule has 0 aliphatic carbocycles. The van der Waals surface area contributed by atoms with E-state index < -0.39 is 5.69 Å². The van der Waals surface area contributed by atoms with E-state index in [4.69, 9.17) is 4.74 Å². The van der Waals surface area contributed by atoms with Crippen LogP contribution in [0.1, 0.15) is 28.0 Å². The summed E-state index contributed by atoms with van der Waals surface area (Å²) in [6, 6.07) is 1.57. The van der Waals surface area contributed by atoms with Crippen molar-refractivity contribution in [1.82, 2.24) is 24.8 Å². The maximum Gasteiger partial charge on any atom is 0.345 e. The molecule has 114 valence electrons. The van der Waals surface area contributed by atoms with E-state index in [9.17, 15) is 9.59 Å². The van der Waals surface area contributed by atoms with E-state index in [1.54, 1.807) is 36.5 Å². The summed E-state index contributed by atoms with van der Waals surface area (Å²) >= 11 is 0. The zero-order chi connectivity index (χ0) is 15.5. The Hall–Kier alpha value is -2.61. The fourth-order valence-corrected chi connectivity index (χ4v) is 2.34. The largest absolute Gasteiger partial charge is 0.368 e. The van der Waals surface area contributed by atoms with Gasteiger partial charge in [-0.1, -0.05) is 0 Å². The number of amides is 1. The van der Waals surface area contributed by atoms with Crippen molar-refractivity contribution in [2.75, 3.05) is 19.7 Å². The zero-order valence-corrected chi connectivity index (χ0v) is 12.0. The van der Waals surface area contributed by atoms with Crippen LogP contribution in [0.2, 0.25) is 0 Å². The normalized spacial score (nSPS) is 18.2. The van der Waals surface area contributed by atoms with E-state index in [0.29, 0.717) is 31.1 Å². The number of H-pyrrole nitrogens is 1. The molecule has 1 fully saturated rings. The van der Waals surface area contributed by atoms with Gasteiger partial charge in [0.25, 0.3) is 5.91 Å². The standard InChI is InChI=1S/C14H15N5O3/c1-9-6-10(18-14(21)17-9)13(20)19-4-5-22-12(8-19)11-7-15-2-3-16-11/h2-3,6-7,12H,4-5,8H2,1H3,(H,17,18,21). The minimum atomic E-state index is -0.526. The van der Waals surface area contributed by atoms with E-state index in [-0.39, 0.29) is 17.7 Å². The van der Waals surface area contributed by atoms with E-state index in [1.807, 2.05) is 0 Å². The van der Waals surface area contributed by atoms with Gasteiger partial charge in [-0.25, -0.2) is 4.79 Å². The number of rotatable bonds is 2. The number of nitrogens with zero attached hydrogens (tertiary/aromatic N) is 4. The Labute approximate surface area is 126 Å². The molecule has 1 N–H and O–H groups in total. The molecular formula is C14H15N5O3. The second kappa shape index (κ2) is 6.02. The van der Waals surface area contributed by atoms with Gasteiger partial charge in [-0.15, -0.1) is 0 Å². The molecule has 0 aromatic carbocycles. The average Bonchev–Trinajstić information content (AvgIpc) is 2.54. The molecule has 0 saturated carbocycles. The number of ether oxygens (including phenoxy) is 1. The molecule has 1 aliphatic rings. The van der Waals surface area contributed by atoms with Crippen LogP contribution in [0.5, 0.6) is 0 Å². The smallest absolute Gasteiger partial charge is 0.345 e. The summed E-state index contributed by atoms with van der Waals surface area (Å²) in [7, 11) is 0. The van der Waals surface area contributed by atoms with E-state index >= 15 is 0 Å². The quantitative estimate of drug-likeness (QED) is 0.843. The van der Waals surface area contributed by atoms with Gasteiger partial charge in [-0.2, -0.15) is 4.98 Å². The summed E-state index contributed by atoms with van der Waals surface area (Å²) in [5, 5.41) is 0. The number of carbonyl (C=O) groups excluding carboxylic acids is 1. The highest BCUT2D eigenvalue weighted by molar-refractivity contribution is 5.92. The molecular weight excluding hydrogens is 286 g/mol. The molecule has 1 aliphatic heterocycles. The fraction of sp³-hybridized carbons (Fsp3) is 0.357. The SMILES string of the molecule is Cc1cc(C(=O)N2CCOC(c3cnccn3)C2)nc(=O)[nH]1. The van der Waals surface area contributed by atoms with Gasteiger partial charge in [-0.3, -0.25) is 14.8 Å². The maximum atomic E-state index is 12.5. The van der Waals surface area contributed by atoms with Crippen LogP contribution in [-0.2, 0) is 4.74 Å². The Kier molecular flexibility index (Phi) is 3.92. The molecule has 1 amide bonds. The van der Waals surface area contributed by atoms with Crippen LogP contribution in [0.3, 0.4) is 0 Å². The summed E-state index contributed by atoms with van der Waals surface area (Å²) < 4.78 is 5.64. The van der Waals surface area contributed by atoms with Gasteiger partial charge in [0.2, 0.25) is 0 Å². The van der Waals surface area contributed by atoms with Gasteiger partial charge in [0.15, 0.2) is 0 Å². The van der Waals surface area contributed by atoms with E-state index in [2.05, 4.69) is 19.9 Å². The summed E-state index contributed by atoms with van der Waals surface area (Å²) in [4.78, 5) is 40.0. The van der Waals surface area contributed by atoms with Crippen molar-refractivity contribution in [3.63, 3.8) is 0 Å². The van der Waals surface area contributed by atoms with Crippen LogP contribution < -0.4 is 5.69 Å². The lowest BCUT2D eigenvalue weighted by Crippen LogP contribution is -2.43. The molecule has 3 heterocycles. The fourth-order valence-electron chi connectivity index (χ4n) is 2.34. The molecule has 22 heavy (non-hydrogen) atoms. The first-order valence-electron chi connectivity index (χ1n) is 6.88. The summed E-state index contributed by atoms with van der Waals surface area (Å²) in [6.07, 6.45) is 4.46. The number of hydrogen-bond acceptors (Lipinski definition) is 6. The predicted molar refractivity (Wildman–Crippen MR) is 76.2 cm³/mol. The second-order valence-corrected chi connectivity index (χ2v) is 5.00. The van der Waals surface area contributed by atoms with Crippen LogP contribution in [0.25, 0.3) is 0 Å². The Balaban J connectivity index is 1.79. The Morgan fingerprint density at radius 3 is 3.05 bits per heavy atom. The summed E-state index contributed by atoms with van der Waals surface area (Å²) in [6.45, 7) is 2.91. The molecule has 8 heteroatoms. The first kappa shape index (κ1) is 14.3. The zero-order valence-electron chi connectivity index (χ0n) is 12.0. The third-order valence-corrected chi connectivity index (χ3v) is 3.37. The Bertz CT molecular complexity index is 731. The number of hydrogen-bond donors (Lipinski definition) is 1. The highest BCUT2D eigenvalue weighted by Crippen LogP contribution is 2.20. The summed E-state index contributed by atoms with van der Waals surface area (Å²) in [5.41, 5.74) is 0.889. The van der Waals surface area contributed by atoms with Crippen molar-refractivity contribution in [3.05, 3.63) is 52.2 Å². The number of nitrogens with one attached hydrogen (secondary N) is 1. The Morgan fingerprint density at radius 2 is 2.32 bits per heavy atom. The average molecular weight is 301 g/mol. The predicted octanol–water partition coefficient (Wildman–Crippen LogP) is 0.0820. The molecule has 0 radical (unpaired) electrons. The minimum absolute atomic E-state index is 0.140. The van der Waals surface area contributed by atoms with Crippen molar-refractivity contribution in [2.24, 2.45) is 0 Å². The minimum Gasteiger partial charge on any atom is -0.368 e. The van der Waals surface area contributed by atoms with Crippen LogP contribution in [0.4, 0.5) is 0 Å². The molecule has 1 saturated heterocycles. The number of aromatic nitrogens is 4. The van der Waals surface area contributed by atoms with Crippen molar-refractivity contribution in [2.45, 2.75) is 13.0 Å². The molecule has 0 bridgehead atoms. The highest BCUT2D eigenvalue weighted by Gasteiger charge is 2.27. The third-order valence-electron chi connectivity index (χ3n) is 3.37. The molecule has 1 unspecified atom stereocenters. The molecule has 3 rings (SSSR count). The van der Waals surface area contributed by atoms with Crippen LogP contribution >= 0.6 is 0 Å². The van der Waals surface area contributed by atoms with Crippen LogP contribution in [0, 0.1) is 6.92 Å². The van der Waals surface area contributed by atoms with Crippen molar-refractivity contribution in [1.29, 1.82) is 0 Å². The number of aromatic amines is 1. The molecule has 1 atom stereocenters. The number of aryl methyl sites for hydroxylation is 1. The van der Waals surface area contributed by atoms with Crippen LogP contribution in [0.15, 0.2) is 29.5 Å². The first-order chi connectivity index (χ1) is 10.6.